The predicted molar refractivity (Wildman–Crippen MR) is 115 cm³/mol. The van der Waals surface area contributed by atoms with E-state index in [-0.39, 0.29) is 5.91 Å². The van der Waals surface area contributed by atoms with E-state index in [1.54, 1.807) is 49.8 Å². The van der Waals surface area contributed by atoms with Crippen LogP contribution in [0.5, 0.6) is 11.5 Å². The van der Waals surface area contributed by atoms with Crippen LogP contribution in [0.15, 0.2) is 49.2 Å². The van der Waals surface area contributed by atoms with Gasteiger partial charge in [0.25, 0.3) is 0 Å². The molecule has 3 heterocycles. The number of methoxy groups -OCH3 is 2. The second kappa shape index (κ2) is 9.43. The third-order valence-corrected chi connectivity index (χ3v) is 5.08. The number of imidazole rings is 1. The first-order valence-corrected chi connectivity index (χ1v) is 9.96. The number of rotatable bonds is 7. The van der Waals surface area contributed by atoms with Crippen molar-refractivity contribution in [2.24, 2.45) is 0 Å². The van der Waals surface area contributed by atoms with Crippen molar-refractivity contribution in [1.29, 1.82) is 0 Å². The van der Waals surface area contributed by atoms with Crippen LogP contribution in [0.2, 0.25) is 0 Å². The monoisotopic (exact) mass is 423 g/mol. The van der Waals surface area contributed by atoms with Crippen LogP contribution in [-0.2, 0) is 11.3 Å². The van der Waals surface area contributed by atoms with E-state index in [2.05, 4.69) is 25.6 Å². The zero-order chi connectivity index (χ0) is 21.6. The van der Waals surface area contributed by atoms with E-state index in [1.165, 1.54) is 0 Å². The van der Waals surface area contributed by atoms with Crippen LogP contribution in [0.25, 0.3) is 5.95 Å². The van der Waals surface area contributed by atoms with Gasteiger partial charge in [0.2, 0.25) is 11.9 Å². The molecule has 1 aliphatic rings. The molecule has 1 aromatic carbocycles. The number of hydrogen-bond acceptors (Lipinski definition) is 8. The zero-order valence-corrected chi connectivity index (χ0v) is 17.5. The lowest BCUT2D eigenvalue weighted by Gasteiger charge is -2.36. The van der Waals surface area contributed by atoms with E-state index in [9.17, 15) is 4.79 Å². The number of carbonyl (C=O) groups excluding carboxylic acids is 1. The first-order chi connectivity index (χ1) is 15.2. The summed E-state index contributed by atoms with van der Waals surface area (Å²) in [7, 11) is 3.20. The van der Waals surface area contributed by atoms with Gasteiger partial charge in [-0.2, -0.15) is 4.98 Å². The third kappa shape index (κ3) is 4.75. The number of benzene rings is 1. The normalized spacial score (nSPS) is 16.1. The molecule has 2 N–H and O–H groups in total. The number of amides is 1. The third-order valence-electron chi connectivity index (χ3n) is 5.08. The molecular formula is C21H25N7O3. The Morgan fingerprint density at radius 3 is 2.74 bits per heavy atom. The molecule has 10 heteroatoms. The number of nitrogens with one attached hydrogen (secondary N) is 2. The molecule has 1 unspecified atom stereocenters. The highest BCUT2D eigenvalue weighted by Gasteiger charge is 2.29. The van der Waals surface area contributed by atoms with Crippen molar-refractivity contribution in [3.05, 3.63) is 54.7 Å². The van der Waals surface area contributed by atoms with Crippen molar-refractivity contribution in [1.82, 2.24) is 30.2 Å². The molecule has 0 spiro atoms. The van der Waals surface area contributed by atoms with Gasteiger partial charge in [0.15, 0.2) is 0 Å². The van der Waals surface area contributed by atoms with Crippen LogP contribution >= 0.6 is 0 Å². The summed E-state index contributed by atoms with van der Waals surface area (Å²) in [5.74, 6) is 2.48. The van der Waals surface area contributed by atoms with Gasteiger partial charge in [0.05, 0.1) is 14.2 Å². The smallest absolute Gasteiger partial charge is 0.244 e. The Kier molecular flexibility index (Phi) is 6.27. The van der Waals surface area contributed by atoms with Crippen LogP contribution in [0, 0.1) is 0 Å². The molecule has 31 heavy (non-hydrogen) atoms. The van der Waals surface area contributed by atoms with Gasteiger partial charge in [-0.25, -0.2) is 9.97 Å². The summed E-state index contributed by atoms with van der Waals surface area (Å²) in [6.07, 6.45) is 6.79. The standard InChI is InChI=1S/C21H25N7O3/c1-30-16-9-15(10-17(11-16)31-2)12-25-20(29)18-13-22-6-8-28(18)19-3-4-24-21(26-19)27-7-5-23-14-27/h3-5,7,9-11,14,18,22H,6,8,12-13H2,1-2H3,(H,25,29). The van der Waals surface area contributed by atoms with E-state index in [1.807, 2.05) is 23.1 Å². The van der Waals surface area contributed by atoms with Gasteiger partial charge in [-0.15, -0.1) is 0 Å². The highest BCUT2D eigenvalue weighted by Crippen LogP contribution is 2.22. The van der Waals surface area contributed by atoms with Gasteiger partial charge < -0.3 is 25.0 Å². The lowest BCUT2D eigenvalue weighted by molar-refractivity contribution is -0.122. The van der Waals surface area contributed by atoms with Gasteiger partial charge in [0.1, 0.15) is 29.7 Å². The Balaban J connectivity index is 1.49. The van der Waals surface area contributed by atoms with Crippen molar-refractivity contribution in [2.75, 3.05) is 38.8 Å². The second-order valence-corrected chi connectivity index (χ2v) is 7.04. The molecule has 0 radical (unpaired) electrons. The summed E-state index contributed by atoms with van der Waals surface area (Å²) < 4.78 is 12.3. The predicted octanol–water partition coefficient (Wildman–Crippen LogP) is 0.774. The number of piperazine rings is 1. The molecule has 1 fully saturated rings. The van der Waals surface area contributed by atoms with Gasteiger partial charge in [0, 0.05) is 50.8 Å². The Hall–Kier alpha value is -3.66. The van der Waals surface area contributed by atoms with Crippen LogP contribution in [0.4, 0.5) is 5.82 Å². The molecular weight excluding hydrogens is 398 g/mol. The average molecular weight is 423 g/mol. The summed E-state index contributed by atoms with van der Waals surface area (Å²) in [6.45, 7) is 2.31. The van der Waals surface area contributed by atoms with E-state index in [4.69, 9.17) is 9.47 Å². The first kappa shape index (κ1) is 20.6. The summed E-state index contributed by atoms with van der Waals surface area (Å²) >= 11 is 0. The van der Waals surface area contributed by atoms with Gasteiger partial charge in [-0.05, 0) is 23.8 Å². The van der Waals surface area contributed by atoms with E-state index in [0.29, 0.717) is 42.9 Å². The molecule has 1 atom stereocenters. The number of anilines is 1. The van der Waals surface area contributed by atoms with Crippen molar-refractivity contribution in [3.63, 3.8) is 0 Å². The Morgan fingerprint density at radius 2 is 2.03 bits per heavy atom. The lowest BCUT2D eigenvalue weighted by atomic mass is 10.1. The van der Waals surface area contributed by atoms with Gasteiger partial charge in [-0.1, -0.05) is 0 Å². The maximum atomic E-state index is 13.1. The molecule has 2 aromatic heterocycles. The molecule has 10 nitrogen and oxygen atoms in total. The number of ether oxygens (including phenoxy) is 2. The fourth-order valence-electron chi connectivity index (χ4n) is 3.49. The zero-order valence-electron chi connectivity index (χ0n) is 17.5. The number of carbonyl (C=O) groups is 1. The molecule has 4 rings (SSSR count). The van der Waals surface area contributed by atoms with E-state index < -0.39 is 6.04 Å². The minimum absolute atomic E-state index is 0.0863. The number of hydrogen-bond donors (Lipinski definition) is 2. The number of aromatic nitrogens is 4. The van der Waals surface area contributed by atoms with E-state index >= 15 is 0 Å². The quantitative estimate of drug-likeness (QED) is 0.574. The van der Waals surface area contributed by atoms with Gasteiger partial charge >= 0.3 is 0 Å². The minimum Gasteiger partial charge on any atom is -0.497 e. The molecule has 162 valence electrons. The van der Waals surface area contributed by atoms with Crippen molar-refractivity contribution in [2.45, 2.75) is 12.6 Å². The Labute approximate surface area is 180 Å². The van der Waals surface area contributed by atoms with Crippen molar-refractivity contribution < 1.29 is 14.3 Å². The SMILES string of the molecule is COc1cc(CNC(=O)C2CNCCN2c2ccnc(-n3ccnc3)n2)cc(OC)c1. The Morgan fingerprint density at radius 1 is 1.23 bits per heavy atom. The largest absolute Gasteiger partial charge is 0.497 e. The first-order valence-electron chi connectivity index (χ1n) is 9.96. The molecule has 1 aliphatic heterocycles. The summed E-state index contributed by atoms with van der Waals surface area (Å²) in [5.41, 5.74) is 0.893. The Bertz CT molecular complexity index is 1000. The molecule has 1 amide bonds. The summed E-state index contributed by atoms with van der Waals surface area (Å²) in [4.78, 5) is 28.0. The van der Waals surface area contributed by atoms with Crippen LogP contribution < -0.4 is 25.0 Å². The van der Waals surface area contributed by atoms with Crippen LogP contribution in [0.1, 0.15) is 5.56 Å². The summed E-state index contributed by atoms with van der Waals surface area (Å²) in [6, 6.07) is 6.97. The summed E-state index contributed by atoms with van der Waals surface area (Å²) in [5, 5.41) is 6.31. The highest BCUT2D eigenvalue weighted by molar-refractivity contribution is 5.85. The lowest BCUT2D eigenvalue weighted by Crippen LogP contribution is -2.58. The maximum absolute atomic E-state index is 13.1. The topological polar surface area (TPSA) is 106 Å². The fourth-order valence-corrected chi connectivity index (χ4v) is 3.49. The van der Waals surface area contributed by atoms with Crippen LogP contribution in [-0.4, -0.2) is 65.3 Å². The van der Waals surface area contributed by atoms with Crippen molar-refractivity contribution in [3.8, 4) is 17.4 Å². The molecule has 0 aliphatic carbocycles. The molecule has 0 bridgehead atoms. The second-order valence-electron chi connectivity index (χ2n) is 7.04. The molecule has 3 aromatic rings. The maximum Gasteiger partial charge on any atom is 0.244 e. The molecule has 1 saturated heterocycles. The molecule has 0 saturated carbocycles. The average Bonchev–Trinajstić information content (AvgIpc) is 3.37. The van der Waals surface area contributed by atoms with Crippen molar-refractivity contribution >= 4 is 11.7 Å². The minimum atomic E-state index is -0.396. The fraction of sp³-hybridized carbons (Fsp3) is 0.333. The highest BCUT2D eigenvalue weighted by atomic mass is 16.5. The van der Waals surface area contributed by atoms with Gasteiger partial charge in [-0.3, -0.25) is 9.36 Å². The number of nitrogens with zero attached hydrogens (tertiary/aromatic N) is 5. The van der Waals surface area contributed by atoms with Crippen LogP contribution in [0.3, 0.4) is 0 Å². The van der Waals surface area contributed by atoms with E-state index in [0.717, 1.165) is 12.1 Å².